The summed E-state index contributed by atoms with van der Waals surface area (Å²) in [6.07, 6.45) is -0.485. The molecule has 7 nitrogen and oxygen atoms in total. The number of hydrogen-bond donors (Lipinski definition) is 3. The number of halogens is 1. The molecule has 28 heavy (non-hydrogen) atoms. The van der Waals surface area contributed by atoms with Crippen LogP contribution in [0.3, 0.4) is 0 Å². The molecule has 1 aromatic rings. The molecule has 1 atom stereocenters. The molecule has 0 fully saturated rings. The predicted octanol–water partition coefficient (Wildman–Crippen LogP) is 3.54. The van der Waals surface area contributed by atoms with Gasteiger partial charge in [-0.25, -0.2) is 4.79 Å². The van der Waals surface area contributed by atoms with E-state index in [9.17, 15) is 4.79 Å². The van der Waals surface area contributed by atoms with Crippen molar-refractivity contribution in [2.24, 2.45) is 10.7 Å². The number of guanidine groups is 1. The van der Waals surface area contributed by atoms with E-state index in [4.69, 9.17) is 15.2 Å². The normalized spacial score (nSPS) is 12.9. The van der Waals surface area contributed by atoms with E-state index in [0.717, 1.165) is 5.56 Å². The molecule has 4 N–H and O–H groups in total. The van der Waals surface area contributed by atoms with Crippen LogP contribution in [-0.4, -0.2) is 44.5 Å². The minimum absolute atomic E-state index is 0. The highest BCUT2D eigenvalue weighted by atomic mass is 127. The van der Waals surface area contributed by atoms with E-state index in [2.05, 4.69) is 41.6 Å². The van der Waals surface area contributed by atoms with Crippen LogP contribution in [0.15, 0.2) is 29.3 Å². The quantitative estimate of drug-likeness (QED) is 0.217. The Hall–Kier alpha value is -1.55. The summed E-state index contributed by atoms with van der Waals surface area (Å²) in [4.78, 5) is 16.6. The summed E-state index contributed by atoms with van der Waals surface area (Å²) >= 11 is 0. The smallest absolute Gasteiger partial charge is 0.408 e. The van der Waals surface area contributed by atoms with Crippen LogP contribution in [0, 0.1) is 0 Å². The van der Waals surface area contributed by atoms with Gasteiger partial charge in [-0.15, -0.1) is 24.0 Å². The molecule has 0 aliphatic heterocycles. The lowest BCUT2D eigenvalue weighted by Gasteiger charge is -2.23. The Labute approximate surface area is 185 Å². The Kier molecular flexibility index (Phi) is 12.1. The molecule has 0 aliphatic rings. The number of nitrogens with two attached hydrogens (primary N) is 1. The first-order chi connectivity index (χ1) is 12.6. The molecule has 0 bridgehead atoms. The number of alkyl carbamates (subject to hydrolysis) is 1. The van der Waals surface area contributed by atoms with Crippen molar-refractivity contribution in [1.29, 1.82) is 0 Å². The van der Waals surface area contributed by atoms with Crippen molar-refractivity contribution in [2.45, 2.75) is 52.2 Å². The number of aliphatic imine (C=N–C) groups is 1. The molecular weight excluding hydrogens is 471 g/mol. The molecule has 0 aromatic heterocycles. The lowest BCUT2D eigenvalue weighted by atomic mass is 9.99. The van der Waals surface area contributed by atoms with Gasteiger partial charge in [-0.3, -0.25) is 4.99 Å². The second kappa shape index (κ2) is 12.8. The Morgan fingerprint density at radius 1 is 1.18 bits per heavy atom. The molecule has 160 valence electrons. The van der Waals surface area contributed by atoms with Crippen LogP contribution in [0.4, 0.5) is 4.79 Å². The highest BCUT2D eigenvalue weighted by Crippen LogP contribution is 2.20. The summed E-state index contributed by atoms with van der Waals surface area (Å²) in [5.41, 5.74) is 7.49. The van der Waals surface area contributed by atoms with E-state index in [1.54, 1.807) is 7.11 Å². The van der Waals surface area contributed by atoms with Crippen molar-refractivity contribution < 1.29 is 14.3 Å². The van der Waals surface area contributed by atoms with Crippen molar-refractivity contribution in [2.75, 3.05) is 26.8 Å². The van der Waals surface area contributed by atoms with Gasteiger partial charge in [-0.05, 0) is 37.8 Å². The number of rotatable bonds is 8. The molecule has 0 saturated heterocycles. The van der Waals surface area contributed by atoms with Gasteiger partial charge in [-0.2, -0.15) is 0 Å². The van der Waals surface area contributed by atoms with Gasteiger partial charge in [0.05, 0.1) is 19.2 Å². The largest absolute Gasteiger partial charge is 0.444 e. The number of nitrogens with zero attached hydrogens (tertiary/aromatic N) is 1. The molecule has 8 heteroatoms. The van der Waals surface area contributed by atoms with Crippen LogP contribution in [-0.2, 0) is 9.47 Å². The fourth-order valence-electron chi connectivity index (χ4n) is 2.32. The highest BCUT2D eigenvalue weighted by Gasteiger charge is 2.20. The Morgan fingerprint density at radius 3 is 2.25 bits per heavy atom. The summed E-state index contributed by atoms with van der Waals surface area (Å²) in [6, 6.07) is 7.79. The minimum atomic E-state index is -0.569. The van der Waals surface area contributed by atoms with Crippen molar-refractivity contribution >= 4 is 36.0 Å². The second-order valence-electron chi connectivity index (χ2n) is 7.67. The average molecular weight is 506 g/mol. The van der Waals surface area contributed by atoms with Gasteiger partial charge >= 0.3 is 6.09 Å². The maximum Gasteiger partial charge on any atom is 0.408 e. The number of hydrogen-bond acceptors (Lipinski definition) is 4. The van der Waals surface area contributed by atoms with E-state index in [0.29, 0.717) is 31.6 Å². The summed E-state index contributed by atoms with van der Waals surface area (Å²) in [6.45, 7) is 11.2. The van der Waals surface area contributed by atoms with Gasteiger partial charge in [0, 0.05) is 13.7 Å². The predicted molar refractivity (Wildman–Crippen MR) is 124 cm³/mol. The Bertz CT molecular complexity index is 613. The van der Waals surface area contributed by atoms with E-state index < -0.39 is 11.7 Å². The number of benzene rings is 1. The number of carbonyl (C=O) groups excluding carboxylic acids is 1. The van der Waals surface area contributed by atoms with Gasteiger partial charge in [0.1, 0.15) is 5.60 Å². The lowest BCUT2D eigenvalue weighted by Crippen LogP contribution is -2.38. The SMILES string of the molecule is COCCNC(N)=NCC(NC(=O)OC(C)(C)C)c1ccc(C(C)C)cc1.I. The standard InChI is InChI=1S/C20H34N4O3.HI/c1-14(2)15-7-9-16(10-8-15)17(24-19(25)27-20(3,4)5)13-23-18(21)22-11-12-26-6;/h7-10,14,17H,11-13H2,1-6H3,(H,24,25)(H3,21,22,23);1H. The summed E-state index contributed by atoms with van der Waals surface area (Å²) < 4.78 is 10.3. The zero-order valence-electron chi connectivity index (χ0n) is 17.7. The molecule has 1 rings (SSSR count). The number of carbonyl (C=O) groups is 1. The molecule has 1 aromatic carbocycles. The third-order valence-electron chi connectivity index (χ3n) is 3.75. The zero-order valence-corrected chi connectivity index (χ0v) is 20.1. The minimum Gasteiger partial charge on any atom is -0.444 e. The highest BCUT2D eigenvalue weighted by molar-refractivity contribution is 14.0. The lowest BCUT2D eigenvalue weighted by molar-refractivity contribution is 0.0505. The summed E-state index contributed by atoms with van der Waals surface area (Å²) in [5.74, 6) is 0.747. The average Bonchev–Trinajstić information content (AvgIpc) is 2.57. The van der Waals surface area contributed by atoms with Crippen molar-refractivity contribution in [3.8, 4) is 0 Å². The van der Waals surface area contributed by atoms with E-state index in [1.807, 2.05) is 32.9 Å². The molecule has 0 spiro atoms. The van der Waals surface area contributed by atoms with Crippen LogP contribution < -0.4 is 16.4 Å². The first-order valence-electron chi connectivity index (χ1n) is 9.24. The van der Waals surface area contributed by atoms with Crippen LogP contribution in [0.1, 0.15) is 57.7 Å². The van der Waals surface area contributed by atoms with Crippen molar-refractivity contribution in [1.82, 2.24) is 10.6 Å². The van der Waals surface area contributed by atoms with Crippen LogP contribution in [0.5, 0.6) is 0 Å². The third kappa shape index (κ3) is 10.7. The molecule has 1 unspecified atom stereocenters. The van der Waals surface area contributed by atoms with Gasteiger partial charge < -0.3 is 25.8 Å². The van der Waals surface area contributed by atoms with Gasteiger partial charge in [0.2, 0.25) is 0 Å². The molecule has 0 heterocycles. The van der Waals surface area contributed by atoms with Crippen LogP contribution in [0.2, 0.25) is 0 Å². The molecule has 0 aliphatic carbocycles. The van der Waals surface area contributed by atoms with Gasteiger partial charge in [0.15, 0.2) is 5.96 Å². The van der Waals surface area contributed by atoms with E-state index in [-0.39, 0.29) is 30.0 Å². The molecular formula is C20H35IN4O3. The zero-order chi connectivity index (χ0) is 20.4. The topological polar surface area (TPSA) is 98.0 Å². The maximum atomic E-state index is 12.2. The van der Waals surface area contributed by atoms with E-state index >= 15 is 0 Å². The van der Waals surface area contributed by atoms with E-state index in [1.165, 1.54) is 5.56 Å². The molecule has 1 amide bonds. The summed E-state index contributed by atoms with van der Waals surface area (Å²) in [5, 5.41) is 5.85. The first kappa shape index (κ1) is 26.4. The number of amides is 1. The monoisotopic (exact) mass is 506 g/mol. The van der Waals surface area contributed by atoms with Crippen molar-refractivity contribution in [3.05, 3.63) is 35.4 Å². The van der Waals surface area contributed by atoms with Crippen molar-refractivity contribution in [3.63, 3.8) is 0 Å². The van der Waals surface area contributed by atoms with Gasteiger partial charge in [-0.1, -0.05) is 38.1 Å². The second-order valence-corrected chi connectivity index (χ2v) is 7.67. The fourth-order valence-corrected chi connectivity index (χ4v) is 2.32. The number of nitrogens with one attached hydrogen (secondary N) is 2. The Morgan fingerprint density at radius 2 is 1.75 bits per heavy atom. The van der Waals surface area contributed by atoms with Gasteiger partial charge in [0.25, 0.3) is 0 Å². The fraction of sp³-hybridized carbons (Fsp3) is 0.600. The maximum absolute atomic E-state index is 12.2. The number of ether oxygens (including phenoxy) is 2. The third-order valence-corrected chi connectivity index (χ3v) is 3.75. The Balaban J connectivity index is 0.00000729. The van der Waals surface area contributed by atoms with Crippen LogP contribution in [0.25, 0.3) is 0 Å². The van der Waals surface area contributed by atoms with Crippen LogP contribution >= 0.6 is 24.0 Å². The first-order valence-corrected chi connectivity index (χ1v) is 9.24. The number of methoxy groups -OCH3 is 1. The molecule has 0 radical (unpaired) electrons. The molecule has 0 saturated carbocycles. The summed E-state index contributed by atoms with van der Waals surface area (Å²) in [7, 11) is 1.62.